The predicted octanol–water partition coefficient (Wildman–Crippen LogP) is 5.53. The largest absolute Gasteiger partial charge is 0.505 e. The fraction of sp³-hybridized carbons (Fsp3) is 0.308. The normalized spacial score (nSPS) is 17.0. The summed E-state index contributed by atoms with van der Waals surface area (Å²) in [6.45, 7) is 0.998. The van der Waals surface area contributed by atoms with Gasteiger partial charge in [-0.05, 0) is 53.9 Å². The van der Waals surface area contributed by atoms with Crippen LogP contribution < -0.4 is 0 Å². The first-order chi connectivity index (χ1) is 17.8. The number of hydrogen-bond acceptors (Lipinski definition) is 4. The van der Waals surface area contributed by atoms with Gasteiger partial charge in [0.05, 0.1) is 11.1 Å². The molecular formula is C26H22F7N3O2. The van der Waals surface area contributed by atoms with Crippen molar-refractivity contribution >= 4 is 5.91 Å². The van der Waals surface area contributed by atoms with Crippen LogP contribution >= 0.6 is 0 Å². The molecule has 1 aliphatic heterocycles. The Morgan fingerprint density at radius 1 is 0.947 bits per heavy atom. The molecule has 202 valence electrons. The van der Waals surface area contributed by atoms with Crippen LogP contribution in [0.5, 0.6) is 5.75 Å². The summed E-state index contributed by atoms with van der Waals surface area (Å²) in [7, 11) is 0. The van der Waals surface area contributed by atoms with E-state index in [0.29, 0.717) is 30.8 Å². The number of alkyl halides is 6. The van der Waals surface area contributed by atoms with E-state index in [0.717, 1.165) is 11.6 Å². The minimum atomic E-state index is -5.09. The summed E-state index contributed by atoms with van der Waals surface area (Å²) >= 11 is 0. The third kappa shape index (κ3) is 6.42. The topological polar surface area (TPSA) is 56.7 Å². The molecule has 1 amide bonds. The Hall–Kier alpha value is -3.67. The lowest BCUT2D eigenvalue weighted by molar-refractivity contribution is -0.143. The molecule has 2 aromatic carbocycles. The number of nitrogens with zero attached hydrogens (tertiary/aromatic N) is 3. The van der Waals surface area contributed by atoms with Gasteiger partial charge < -0.3 is 10.0 Å². The Balaban J connectivity index is 1.67. The Morgan fingerprint density at radius 3 is 2.21 bits per heavy atom. The van der Waals surface area contributed by atoms with Crippen LogP contribution in [0.3, 0.4) is 0 Å². The van der Waals surface area contributed by atoms with Gasteiger partial charge in [-0.2, -0.15) is 26.3 Å². The standard InChI is InChI=1S/C26H22F7N3O2/c27-22-4-3-16(9-23(22)37)8-21-15-35(14-17-2-1-5-34-13-17)6-7-36(21)24(38)18-10-19(25(28,29)30)12-20(11-18)26(31,32)33/h1-5,9-13,21,37H,6-8,14-15H2. The van der Waals surface area contributed by atoms with Crippen molar-refractivity contribution in [1.82, 2.24) is 14.8 Å². The zero-order chi connectivity index (χ0) is 27.7. The van der Waals surface area contributed by atoms with Crippen molar-refractivity contribution in [2.24, 2.45) is 0 Å². The van der Waals surface area contributed by atoms with E-state index in [9.17, 15) is 40.6 Å². The number of amides is 1. The molecule has 1 aromatic heterocycles. The van der Waals surface area contributed by atoms with Gasteiger partial charge in [0.25, 0.3) is 5.91 Å². The lowest BCUT2D eigenvalue weighted by atomic mass is 9.98. The average Bonchev–Trinajstić information content (AvgIpc) is 2.85. The third-order valence-electron chi connectivity index (χ3n) is 6.27. The lowest BCUT2D eigenvalue weighted by Gasteiger charge is -2.42. The van der Waals surface area contributed by atoms with E-state index in [1.165, 1.54) is 17.0 Å². The highest BCUT2D eigenvalue weighted by Crippen LogP contribution is 2.37. The number of aromatic hydroxyl groups is 1. The van der Waals surface area contributed by atoms with Gasteiger partial charge in [0, 0.05) is 50.2 Å². The molecule has 1 unspecified atom stereocenters. The van der Waals surface area contributed by atoms with Gasteiger partial charge >= 0.3 is 12.4 Å². The number of halogens is 7. The van der Waals surface area contributed by atoms with Crippen LogP contribution in [0.2, 0.25) is 0 Å². The third-order valence-corrected chi connectivity index (χ3v) is 6.27. The van der Waals surface area contributed by atoms with Crippen LogP contribution in [0.1, 0.15) is 32.6 Å². The Morgan fingerprint density at radius 2 is 1.63 bits per heavy atom. The number of pyridine rings is 1. The van der Waals surface area contributed by atoms with E-state index in [2.05, 4.69) is 4.98 Å². The number of phenolic OH excluding ortho intramolecular Hbond substituents is 1. The van der Waals surface area contributed by atoms with Crippen LogP contribution in [0, 0.1) is 5.82 Å². The maximum Gasteiger partial charge on any atom is 0.416 e. The van der Waals surface area contributed by atoms with Crippen LogP contribution in [0.15, 0.2) is 60.9 Å². The Labute approximate surface area is 213 Å². The smallest absolute Gasteiger partial charge is 0.416 e. The molecule has 38 heavy (non-hydrogen) atoms. The van der Waals surface area contributed by atoms with Crippen molar-refractivity contribution in [3.8, 4) is 5.75 Å². The molecule has 0 bridgehead atoms. The van der Waals surface area contributed by atoms with E-state index < -0.39 is 52.6 Å². The van der Waals surface area contributed by atoms with E-state index >= 15 is 0 Å². The van der Waals surface area contributed by atoms with Crippen LogP contribution in [0.4, 0.5) is 30.7 Å². The first kappa shape index (κ1) is 27.4. The van der Waals surface area contributed by atoms with Crippen molar-refractivity contribution in [2.45, 2.75) is 31.4 Å². The van der Waals surface area contributed by atoms with Crippen molar-refractivity contribution in [3.05, 3.63) is 94.6 Å². The molecule has 12 heteroatoms. The first-order valence-electron chi connectivity index (χ1n) is 11.5. The monoisotopic (exact) mass is 541 g/mol. The van der Waals surface area contributed by atoms with E-state index in [4.69, 9.17) is 0 Å². The Bertz CT molecular complexity index is 1260. The van der Waals surface area contributed by atoms with Crippen molar-refractivity contribution in [1.29, 1.82) is 0 Å². The van der Waals surface area contributed by atoms with E-state index in [1.807, 2.05) is 11.0 Å². The molecule has 0 aliphatic carbocycles. The van der Waals surface area contributed by atoms with Crippen LogP contribution in [0.25, 0.3) is 0 Å². The number of hydrogen-bond donors (Lipinski definition) is 1. The molecule has 1 fully saturated rings. The number of carbonyl (C=O) groups is 1. The molecule has 5 nitrogen and oxygen atoms in total. The van der Waals surface area contributed by atoms with Gasteiger partial charge in [0.15, 0.2) is 11.6 Å². The predicted molar refractivity (Wildman–Crippen MR) is 123 cm³/mol. The number of benzene rings is 2. The SMILES string of the molecule is O=C(c1cc(C(F)(F)F)cc(C(F)(F)F)c1)N1CCN(Cc2cccnc2)CC1Cc1ccc(F)c(O)c1. The molecule has 1 saturated heterocycles. The fourth-order valence-electron chi connectivity index (χ4n) is 4.46. The summed E-state index contributed by atoms with van der Waals surface area (Å²) in [5, 5.41) is 9.76. The van der Waals surface area contributed by atoms with Gasteiger partial charge in [-0.1, -0.05) is 12.1 Å². The molecule has 3 aromatic rings. The summed E-state index contributed by atoms with van der Waals surface area (Å²) < 4.78 is 93.8. The fourth-order valence-corrected chi connectivity index (χ4v) is 4.46. The molecular weight excluding hydrogens is 519 g/mol. The number of carbonyl (C=O) groups excluding carboxylic acids is 1. The maximum atomic E-state index is 13.6. The number of piperazine rings is 1. The second-order valence-corrected chi connectivity index (χ2v) is 9.03. The zero-order valence-corrected chi connectivity index (χ0v) is 19.7. The highest BCUT2D eigenvalue weighted by atomic mass is 19.4. The van der Waals surface area contributed by atoms with Crippen LogP contribution in [-0.4, -0.2) is 51.5 Å². The minimum absolute atomic E-state index is 0.0224. The number of aromatic nitrogens is 1. The molecule has 2 heterocycles. The number of rotatable bonds is 5. The molecule has 0 saturated carbocycles. The summed E-state index contributed by atoms with van der Waals surface area (Å²) in [4.78, 5) is 20.7. The zero-order valence-electron chi connectivity index (χ0n) is 19.7. The van der Waals surface area contributed by atoms with Crippen molar-refractivity contribution in [3.63, 3.8) is 0 Å². The molecule has 1 aliphatic rings. The summed E-state index contributed by atoms with van der Waals surface area (Å²) in [5.41, 5.74) is -2.58. The second kappa shape index (κ2) is 10.6. The molecule has 0 spiro atoms. The molecule has 1 atom stereocenters. The van der Waals surface area contributed by atoms with E-state index in [1.54, 1.807) is 18.5 Å². The first-order valence-corrected chi connectivity index (χ1v) is 11.5. The van der Waals surface area contributed by atoms with E-state index in [-0.39, 0.29) is 25.6 Å². The van der Waals surface area contributed by atoms with Gasteiger partial charge in [0.1, 0.15) is 0 Å². The summed E-state index contributed by atoms with van der Waals surface area (Å²) in [6, 6.07) is 7.31. The number of phenols is 1. The van der Waals surface area contributed by atoms with Gasteiger partial charge in [-0.15, -0.1) is 0 Å². The maximum absolute atomic E-state index is 13.6. The highest BCUT2D eigenvalue weighted by Gasteiger charge is 2.39. The van der Waals surface area contributed by atoms with Crippen molar-refractivity contribution < 1.29 is 40.6 Å². The summed E-state index contributed by atoms with van der Waals surface area (Å²) in [6.07, 6.45) is -6.85. The summed E-state index contributed by atoms with van der Waals surface area (Å²) in [5.74, 6) is -2.46. The van der Waals surface area contributed by atoms with Gasteiger partial charge in [-0.3, -0.25) is 14.7 Å². The average molecular weight is 541 g/mol. The van der Waals surface area contributed by atoms with Gasteiger partial charge in [0.2, 0.25) is 0 Å². The minimum Gasteiger partial charge on any atom is -0.505 e. The molecule has 1 N–H and O–H groups in total. The van der Waals surface area contributed by atoms with Crippen LogP contribution in [-0.2, 0) is 25.3 Å². The quantitative estimate of drug-likeness (QED) is 0.432. The molecule has 0 radical (unpaired) electrons. The lowest BCUT2D eigenvalue weighted by Crippen LogP contribution is -2.55. The second-order valence-electron chi connectivity index (χ2n) is 9.03. The Kier molecular flexibility index (Phi) is 7.63. The van der Waals surface area contributed by atoms with Gasteiger partial charge in [-0.25, -0.2) is 4.39 Å². The highest BCUT2D eigenvalue weighted by molar-refractivity contribution is 5.95. The van der Waals surface area contributed by atoms with Crippen molar-refractivity contribution in [2.75, 3.05) is 19.6 Å². The molecule has 4 rings (SSSR count).